The summed E-state index contributed by atoms with van der Waals surface area (Å²) in [7, 11) is 0. The minimum atomic E-state index is -0.546. The van der Waals surface area contributed by atoms with Crippen LogP contribution in [0.5, 0.6) is 5.75 Å². The highest BCUT2D eigenvalue weighted by atomic mass is 35.5. The Hall–Kier alpha value is -3.36. The summed E-state index contributed by atoms with van der Waals surface area (Å²) < 4.78 is 1.23. The Morgan fingerprint density at radius 3 is 2.71 bits per heavy atom. The van der Waals surface area contributed by atoms with Crippen LogP contribution in [0.4, 0.5) is 5.82 Å². The molecule has 0 saturated carbocycles. The average Bonchev–Trinajstić information content (AvgIpc) is 3.00. The molecule has 28 heavy (non-hydrogen) atoms. The van der Waals surface area contributed by atoms with Gasteiger partial charge in [-0.1, -0.05) is 35.3 Å². The standard InChI is InChI=1S/C18H10Cl2N5O3/c19-10-4-5-12(20)13(7-10)25-17-14(22-18(25)28)16(21-8-26)23-15(24-17)9-2-1-3-11(27)6-9/h1-7,27H,(H,22,28)(H,21,23,24,26). The second-order valence-corrected chi connectivity index (χ2v) is 6.58. The van der Waals surface area contributed by atoms with E-state index in [4.69, 9.17) is 23.2 Å². The number of anilines is 1. The molecule has 4 aromatic rings. The van der Waals surface area contributed by atoms with Gasteiger partial charge in [-0.3, -0.25) is 4.79 Å². The third-order valence-electron chi connectivity index (χ3n) is 3.96. The molecule has 0 spiro atoms. The predicted octanol–water partition coefficient (Wildman–Crippen LogP) is 3.27. The first-order chi connectivity index (χ1) is 13.5. The Morgan fingerprint density at radius 2 is 1.96 bits per heavy atom. The Kier molecular flexibility index (Phi) is 4.50. The number of nitrogens with zero attached hydrogens (tertiary/aromatic N) is 3. The number of carbonyl (C=O) groups excluding carboxylic acids is 1. The van der Waals surface area contributed by atoms with E-state index in [0.717, 1.165) is 0 Å². The summed E-state index contributed by atoms with van der Waals surface area (Å²) >= 11 is 12.3. The maximum Gasteiger partial charge on any atom is 0.332 e. The lowest BCUT2D eigenvalue weighted by atomic mass is 10.2. The number of fused-ring (bicyclic) bond motifs is 1. The van der Waals surface area contributed by atoms with Crippen LogP contribution in [0.1, 0.15) is 0 Å². The average molecular weight is 415 g/mol. The zero-order valence-corrected chi connectivity index (χ0v) is 15.4. The number of imidazole rings is 1. The number of benzene rings is 2. The summed E-state index contributed by atoms with van der Waals surface area (Å²) in [6, 6.07) is 10.9. The van der Waals surface area contributed by atoms with E-state index >= 15 is 0 Å². The number of rotatable bonds is 4. The first-order valence-corrected chi connectivity index (χ1v) is 8.64. The molecule has 0 atom stereocenters. The van der Waals surface area contributed by atoms with Gasteiger partial charge in [0.05, 0.1) is 10.7 Å². The quantitative estimate of drug-likeness (QED) is 0.443. The molecule has 1 amide bonds. The lowest BCUT2D eigenvalue weighted by Crippen LogP contribution is -2.15. The molecule has 2 aromatic carbocycles. The summed E-state index contributed by atoms with van der Waals surface area (Å²) in [6.07, 6.45) is 1.54. The van der Waals surface area contributed by atoms with Crippen LogP contribution >= 0.6 is 23.2 Å². The molecule has 0 bridgehead atoms. The lowest BCUT2D eigenvalue weighted by molar-refractivity contribution is 0.475. The van der Waals surface area contributed by atoms with Crippen LogP contribution in [-0.4, -0.2) is 31.0 Å². The van der Waals surface area contributed by atoms with Crippen LogP contribution in [0.3, 0.4) is 0 Å². The number of aromatic nitrogens is 4. The number of hydrogen-bond donors (Lipinski definition) is 3. The van der Waals surface area contributed by atoms with Crippen molar-refractivity contribution < 1.29 is 9.90 Å². The van der Waals surface area contributed by atoms with Gasteiger partial charge in [0, 0.05) is 10.6 Å². The van der Waals surface area contributed by atoms with Crippen molar-refractivity contribution in [3.63, 3.8) is 0 Å². The van der Waals surface area contributed by atoms with Crippen molar-refractivity contribution in [2.24, 2.45) is 0 Å². The van der Waals surface area contributed by atoms with Crippen molar-refractivity contribution in [1.29, 1.82) is 0 Å². The molecule has 2 heterocycles. The molecule has 1 radical (unpaired) electrons. The molecule has 0 unspecified atom stereocenters. The number of nitrogens with one attached hydrogen (secondary N) is 2. The molecule has 139 valence electrons. The first kappa shape index (κ1) is 18.0. The molecule has 0 aliphatic carbocycles. The van der Waals surface area contributed by atoms with Gasteiger partial charge in [0.1, 0.15) is 11.3 Å². The van der Waals surface area contributed by atoms with Crippen molar-refractivity contribution in [2.45, 2.75) is 0 Å². The lowest BCUT2D eigenvalue weighted by Gasteiger charge is -2.08. The number of aromatic amines is 1. The third kappa shape index (κ3) is 3.08. The molecule has 0 fully saturated rings. The fraction of sp³-hybridized carbons (Fsp3) is 0. The maximum absolute atomic E-state index is 12.6. The van der Waals surface area contributed by atoms with Crippen molar-refractivity contribution in [2.75, 3.05) is 5.32 Å². The van der Waals surface area contributed by atoms with E-state index < -0.39 is 5.69 Å². The van der Waals surface area contributed by atoms with Gasteiger partial charge in [0.25, 0.3) is 0 Å². The number of aromatic hydroxyl groups is 1. The van der Waals surface area contributed by atoms with Gasteiger partial charge in [-0.15, -0.1) is 0 Å². The van der Waals surface area contributed by atoms with Gasteiger partial charge >= 0.3 is 12.1 Å². The fourth-order valence-electron chi connectivity index (χ4n) is 2.78. The molecule has 0 aliphatic rings. The Bertz CT molecular complexity index is 1280. The molecule has 8 nitrogen and oxygen atoms in total. The molecule has 2 aromatic heterocycles. The Morgan fingerprint density at radius 1 is 1.14 bits per heavy atom. The van der Waals surface area contributed by atoms with E-state index in [1.807, 2.05) is 0 Å². The van der Waals surface area contributed by atoms with Crippen molar-refractivity contribution in [3.8, 4) is 22.8 Å². The van der Waals surface area contributed by atoms with Crippen molar-refractivity contribution >= 4 is 46.6 Å². The van der Waals surface area contributed by atoms with E-state index in [1.54, 1.807) is 24.3 Å². The van der Waals surface area contributed by atoms with Gasteiger partial charge in [-0.2, -0.15) is 0 Å². The number of phenolic OH excluding ortho intramolecular Hbond substituents is 1. The summed E-state index contributed by atoms with van der Waals surface area (Å²) in [5.74, 6) is 0.237. The minimum Gasteiger partial charge on any atom is -0.508 e. The molecule has 4 rings (SSSR count). The van der Waals surface area contributed by atoms with E-state index in [1.165, 1.54) is 29.2 Å². The number of halogens is 2. The second kappa shape index (κ2) is 6.99. The topological polar surface area (TPSA) is 113 Å². The largest absolute Gasteiger partial charge is 0.508 e. The van der Waals surface area contributed by atoms with Crippen LogP contribution in [0, 0.1) is 0 Å². The van der Waals surface area contributed by atoms with Gasteiger partial charge < -0.3 is 15.4 Å². The Balaban J connectivity index is 2.07. The molecule has 10 heteroatoms. The van der Waals surface area contributed by atoms with Crippen molar-refractivity contribution in [1.82, 2.24) is 19.5 Å². The van der Waals surface area contributed by atoms with Gasteiger partial charge in [-0.25, -0.2) is 19.3 Å². The van der Waals surface area contributed by atoms with Crippen LogP contribution < -0.4 is 11.0 Å². The zero-order chi connectivity index (χ0) is 19.8. The van der Waals surface area contributed by atoms with Crippen LogP contribution in [0.15, 0.2) is 47.3 Å². The number of phenols is 1. The number of amides is 1. The summed E-state index contributed by atoms with van der Waals surface area (Å²) in [4.78, 5) is 34.8. The highest BCUT2D eigenvalue weighted by Crippen LogP contribution is 2.29. The molecular formula is C18H10Cl2N5O3. The SMILES string of the molecule is O=[C]Nc1nc(-c2cccc(O)c2)nc2c1[nH]c(=O)n2-c1cc(Cl)ccc1Cl. The van der Waals surface area contributed by atoms with Crippen LogP contribution in [0.25, 0.3) is 28.2 Å². The predicted molar refractivity (Wildman–Crippen MR) is 106 cm³/mol. The fourth-order valence-corrected chi connectivity index (χ4v) is 3.15. The van der Waals surface area contributed by atoms with E-state index in [0.29, 0.717) is 16.3 Å². The normalized spacial score (nSPS) is 10.9. The molecular weight excluding hydrogens is 405 g/mol. The molecule has 0 aliphatic heterocycles. The highest BCUT2D eigenvalue weighted by Gasteiger charge is 2.19. The smallest absolute Gasteiger partial charge is 0.332 e. The maximum atomic E-state index is 12.6. The number of H-pyrrole nitrogens is 1. The zero-order valence-electron chi connectivity index (χ0n) is 13.9. The number of hydrogen-bond acceptors (Lipinski definition) is 5. The highest BCUT2D eigenvalue weighted by molar-refractivity contribution is 6.34. The van der Waals surface area contributed by atoms with E-state index in [-0.39, 0.29) is 33.6 Å². The van der Waals surface area contributed by atoms with Crippen LogP contribution in [-0.2, 0) is 4.79 Å². The minimum absolute atomic E-state index is 0.0157. The summed E-state index contributed by atoms with van der Waals surface area (Å²) in [5.41, 5.74) is 0.601. The monoisotopic (exact) mass is 414 g/mol. The summed E-state index contributed by atoms with van der Waals surface area (Å²) in [6.45, 7) is 0. The summed E-state index contributed by atoms with van der Waals surface area (Å²) in [5, 5.41) is 12.7. The molecule has 3 N–H and O–H groups in total. The first-order valence-electron chi connectivity index (χ1n) is 7.88. The third-order valence-corrected chi connectivity index (χ3v) is 4.51. The van der Waals surface area contributed by atoms with Crippen molar-refractivity contribution in [3.05, 3.63) is 63.0 Å². The van der Waals surface area contributed by atoms with E-state index in [9.17, 15) is 14.7 Å². The van der Waals surface area contributed by atoms with Crippen LogP contribution in [0.2, 0.25) is 10.0 Å². The van der Waals surface area contributed by atoms with Gasteiger partial charge in [0.15, 0.2) is 17.3 Å². The second-order valence-electron chi connectivity index (χ2n) is 5.73. The van der Waals surface area contributed by atoms with Gasteiger partial charge in [0.2, 0.25) is 0 Å². The van der Waals surface area contributed by atoms with E-state index in [2.05, 4.69) is 20.3 Å². The Labute approximate surface area is 167 Å². The van der Waals surface area contributed by atoms with Gasteiger partial charge in [-0.05, 0) is 30.3 Å². The molecule has 0 saturated heterocycles.